The quantitative estimate of drug-likeness (QED) is 0.512. The molecule has 33 heavy (non-hydrogen) atoms. The molecule has 1 aliphatic carbocycles. The topological polar surface area (TPSA) is 70.6 Å². The van der Waals surface area contributed by atoms with Gasteiger partial charge >= 0.3 is 0 Å². The number of benzene rings is 3. The molecule has 0 atom stereocenters. The predicted molar refractivity (Wildman–Crippen MR) is 133 cm³/mol. The molecule has 4 rings (SSSR count). The number of hydrogen-bond acceptors (Lipinski definition) is 3. The Labute approximate surface area is 194 Å². The van der Waals surface area contributed by atoms with Crippen molar-refractivity contribution in [2.75, 3.05) is 5.32 Å². The molecule has 5 nitrogen and oxygen atoms in total. The molecule has 0 unspecified atom stereocenters. The molecule has 0 saturated heterocycles. The summed E-state index contributed by atoms with van der Waals surface area (Å²) in [5.74, 6) is -0.462. The largest absolute Gasteiger partial charge is 0.322 e. The van der Waals surface area contributed by atoms with E-state index in [9.17, 15) is 9.59 Å². The maximum absolute atomic E-state index is 12.6. The van der Waals surface area contributed by atoms with E-state index in [0.717, 1.165) is 30.5 Å². The van der Waals surface area contributed by atoms with E-state index < -0.39 is 0 Å². The van der Waals surface area contributed by atoms with Gasteiger partial charge in [0.1, 0.15) is 0 Å². The van der Waals surface area contributed by atoms with Crippen molar-refractivity contribution in [1.82, 2.24) is 5.43 Å². The predicted octanol–water partition coefficient (Wildman–Crippen LogP) is 5.71. The first-order valence-corrected chi connectivity index (χ1v) is 11.3. The minimum atomic E-state index is -0.277. The van der Waals surface area contributed by atoms with E-state index in [0.29, 0.717) is 16.8 Å². The fraction of sp³-hybridized carbons (Fsp3) is 0.250. The Kier molecular flexibility index (Phi) is 6.40. The lowest BCUT2D eigenvalue weighted by molar-refractivity contribution is 0.0954. The molecule has 0 radical (unpaired) electrons. The van der Waals surface area contributed by atoms with Crippen LogP contribution in [0, 0.1) is 0 Å². The number of fused-ring (bicyclic) bond motifs is 1. The fourth-order valence-corrected chi connectivity index (χ4v) is 3.93. The Morgan fingerprint density at radius 3 is 2.12 bits per heavy atom. The van der Waals surface area contributed by atoms with Crippen molar-refractivity contribution in [3.05, 3.63) is 101 Å². The van der Waals surface area contributed by atoms with Crippen molar-refractivity contribution < 1.29 is 9.59 Å². The third-order valence-electron chi connectivity index (χ3n) is 5.90. The maximum atomic E-state index is 12.6. The van der Waals surface area contributed by atoms with Gasteiger partial charge in [-0.1, -0.05) is 57.2 Å². The number of hydrazone groups is 1. The van der Waals surface area contributed by atoms with Crippen molar-refractivity contribution in [1.29, 1.82) is 0 Å². The highest BCUT2D eigenvalue weighted by Crippen LogP contribution is 2.23. The molecule has 1 aliphatic rings. The molecule has 0 spiro atoms. The first kappa shape index (κ1) is 22.5. The summed E-state index contributed by atoms with van der Waals surface area (Å²) in [4.78, 5) is 25.1. The number of carbonyl (C=O) groups is 2. The standard InChI is InChI=1S/C28H29N3O2/c1-28(2,3)22-15-11-20(12-16-22)26(32)29-23-17-13-21(14-18-23)27(33)31-30-25-10-6-8-19-7-4-5-9-24(19)25/h4-5,7,9,11-18H,6,8,10H2,1-3H3,(H,29,32)(H,31,33)/b30-25+. The Bertz CT molecular complexity index is 1190. The minimum absolute atomic E-state index is 0.0383. The van der Waals surface area contributed by atoms with E-state index in [4.69, 9.17) is 0 Å². The number of rotatable bonds is 4. The van der Waals surface area contributed by atoms with Crippen LogP contribution in [0.15, 0.2) is 77.9 Å². The minimum Gasteiger partial charge on any atom is -0.322 e. The van der Waals surface area contributed by atoms with Crippen LogP contribution in [0.1, 0.15) is 71.0 Å². The van der Waals surface area contributed by atoms with Gasteiger partial charge in [0.2, 0.25) is 0 Å². The zero-order valence-corrected chi connectivity index (χ0v) is 19.3. The van der Waals surface area contributed by atoms with Gasteiger partial charge in [0, 0.05) is 22.4 Å². The lowest BCUT2D eigenvalue weighted by Gasteiger charge is -2.19. The van der Waals surface area contributed by atoms with E-state index in [2.05, 4.69) is 42.7 Å². The number of hydrogen-bond donors (Lipinski definition) is 2. The van der Waals surface area contributed by atoms with Gasteiger partial charge in [0.15, 0.2) is 0 Å². The van der Waals surface area contributed by atoms with E-state index in [1.807, 2.05) is 42.5 Å². The Morgan fingerprint density at radius 2 is 1.42 bits per heavy atom. The van der Waals surface area contributed by atoms with Crippen LogP contribution in [-0.4, -0.2) is 17.5 Å². The van der Waals surface area contributed by atoms with Crippen LogP contribution in [0.25, 0.3) is 0 Å². The van der Waals surface area contributed by atoms with Crippen molar-refractivity contribution in [3.8, 4) is 0 Å². The van der Waals surface area contributed by atoms with E-state index in [1.165, 1.54) is 11.1 Å². The summed E-state index contributed by atoms with van der Waals surface area (Å²) in [5.41, 5.74) is 8.88. The van der Waals surface area contributed by atoms with Crippen LogP contribution in [0.5, 0.6) is 0 Å². The lowest BCUT2D eigenvalue weighted by Crippen LogP contribution is -2.22. The second-order valence-electron chi connectivity index (χ2n) is 9.37. The molecule has 0 fully saturated rings. The van der Waals surface area contributed by atoms with Crippen LogP contribution in [-0.2, 0) is 11.8 Å². The first-order valence-electron chi connectivity index (χ1n) is 11.3. The number of amides is 2. The van der Waals surface area contributed by atoms with E-state index in [1.54, 1.807) is 24.3 Å². The molecule has 0 bridgehead atoms. The Hall–Kier alpha value is -3.73. The van der Waals surface area contributed by atoms with Crippen LogP contribution >= 0.6 is 0 Å². The van der Waals surface area contributed by atoms with Gasteiger partial charge in [-0.2, -0.15) is 5.10 Å². The monoisotopic (exact) mass is 439 g/mol. The van der Waals surface area contributed by atoms with Gasteiger partial charge in [-0.25, -0.2) is 5.43 Å². The highest BCUT2D eigenvalue weighted by molar-refractivity contribution is 6.05. The molecular formula is C28H29N3O2. The van der Waals surface area contributed by atoms with Crippen molar-refractivity contribution in [3.63, 3.8) is 0 Å². The molecule has 2 N–H and O–H groups in total. The van der Waals surface area contributed by atoms with Gasteiger partial charge in [-0.3, -0.25) is 9.59 Å². The zero-order valence-electron chi connectivity index (χ0n) is 19.3. The summed E-state index contributed by atoms with van der Waals surface area (Å²) < 4.78 is 0. The summed E-state index contributed by atoms with van der Waals surface area (Å²) >= 11 is 0. The number of aryl methyl sites for hydroxylation is 1. The van der Waals surface area contributed by atoms with Crippen molar-refractivity contribution in [2.45, 2.75) is 45.4 Å². The molecule has 0 aliphatic heterocycles. The molecule has 3 aromatic carbocycles. The summed E-state index contributed by atoms with van der Waals surface area (Å²) in [6, 6.07) is 22.6. The van der Waals surface area contributed by atoms with Crippen molar-refractivity contribution >= 4 is 23.2 Å². The van der Waals surface area contributed by atoms with Crippen LogP contribution in [0.4, 0.5) is 5.69 Å². The second kappa shape index (κ2) is 9.41. The zero-order chi connectivity index (χ0) is 23.4. The first-order chi connectivity index (χ1) is 15.8. The molecular weight excluding hydrogens is 410 g/mol. The van der Waals surface area contributed by atoms with Gasteiger partial charge in [-0.05, 0) is 72.2 Å². The van der Waals surface area contributed by atoms with Crippen molar-refractivity contribution in [2.24, 2.45) is 5.10 Å². The van der Waals surface area contributed by atoms with E-state index >= 15 is 0 Å². The van der Waals surface area contributed by atoms with Gasteiger partial charge < -0.3 is 5.32 Å². The third kappa shape index (κ3) is 5.37. The van der Waals surface area contributed by atoms with Crippen LogP contribution in [0.3, 0.4) is 0 Å². The number of carbonyl (C=O) groups excluding carboxylic acids is 2. The van der Waals surface area contributed by atoms with Crippen LogP contribution in [0.2, 0.25) is 0 Å². The summed E-state index contributed by atoms with van der Waals surface area (Å²) in [6.07, 6.45) is 2.91. The maximum Gasteiger partial charge on any atom is 0.271 e. The number of anilines is 1. The summed E-state index contributed by atoms with van der Waals surface area (Å²) in [6.45, 7) is 6.42. The van der Waals surface area contributed by atoms with Gasteiger partial charge in [-0.15, -0.1) is 0 Å². The average molecular weight is 440 g/mol. The van der Waals surface area contributed by atoms with Gasteiger partial charge in [0.05, 0.1) is 5.71 Å². The fourth-order valence-electron chi connectivity index (χ4n) is 3.93. The molecule has 5 heteroatoms. The Morgan fingerprint density at radius 1 is 0.788 bits per heavy atom. The normalized spacial score (nSPS) is 14.5. The third-order valence-corrected chi connectivity index (χ3v) is 5.90. The lowest BCUT2D eigenvalue weighted by atomic mass is 9.87. The molecule has 0 aromatic heterocycles. The highest BCUT2D eigenvalue weighted by Gasteiger charge is 2.16. The average Bonchev–Trinajstić information content (AvgIpc) is 2.82. The number of nitrogens with zero attached hydrogens (tertiary/aromatic N) is 1. The summed E-state index contributed by atoms with van der Waals surface area (Å²) in [7, 11) is 0. The molecule has 0 heterocycles. The van der Waals surface area contributed by atoms with E-state index in [-0.39, 0.29) is 17.2 Å². The molecule has 3 aromatic rings. The van der Waals surface area contributed by atoms with Crippen LogP contribution < -0.4 is 10.7 Å². The smallest absolute Gasteiger partial charge is 0.271 e. The molecule has 0 saturated carbocycles. The number of nitrogens with one attached hydrogen (secondary N) is 2. The molecule has 2 amide bonds. The highest BCUT2D eigenvalue weighted by atomic mass is 16.2. The molecule has 168 valence electrons. The van der Waals surface area contributed by atoms with Gasteiger partial charge in [0.25, 0.3) is 11.8 Å². The Balaban J connectivity index is 1.38. The second-order valence-corrected chi connectivity index (χ2v) is 9.37. The SMILES string of the molecule is CC(C)(C)c1ccc(C(=O)Nc2ccc(C(=O)N/N=C3\CCCc4ccccc43)cc2)cc1. The summed E-state index contributed by atoms with van der Waals surface area (Å²) in [5, 5.41) is 7.26.